The van der Waals surface area contributed by atoms with Gasteiger partial charge in [-0.05, 0) is 139 Å². The summed E-state index contributed by atoms with van der Waals surface area (Å²) in [6.45, 7) is 21.1. The zero-order chi connectivity index (χ0) is 36.8. The van der Waals surface area contributed by atoms with Crippen LogP contribution in [0.2, 0.25) is 0 Å². The van der Waals surface area contributed by atoms with E-state index in [2.05, 4.69) is 76.5 Å². The fraction of sp³-hybridized carbons (Fsp3) is 0.721. The van der Waals surface area contributed by atoms with Gasteiger partial charge in [0.05, 0.1) is 30.7 Å². The molecule has 5 aliphatic carbocycles. The minimum Gasteiger partial charge on any atom is -0.465 e. The SMILES string of the molecule is C=C(C)[C@@H]1CC[C@]2(NC(=O)CN3CCS(O)(O)CC3)CC[C@]3(C)[C@H](CC[C@@H]4[C@@]5(C)CC=C(c6ccc(C(=O)OC)cc6)C(C)(C)[C@@H]5CC[C@]43C)[C@@H]12. The molecule has 4 saturated carbocycles. The van der Waals surface area contributed by atoms with Crippen molar-refractivity contribution in [3.05, 3.63) is 53.6 Å². The summed E-state index contributed by atoms with van der Waals surface area (Å²) in [6, 6.07) is 8.03. The lowest BCUT2D eigenvalue weighted by molar-refractivity contribution is -0.219. The zero-order valence-corrected chi connectivity index (χ0v) is 33.2. The Morgan fingerprint density at radius 2 is 1.61 bits per heavy atom. The van der Waals surface area contributed by atoms with E-state index in [4.69, 9.17) is 4.74 Å². The van der Waals surface area contributed by atoms with Crippen LogP contribution in [0.1, 0.15) is 115 Å². The third-order valence-electron chi connectivity index (χ3n) is 16.5. The van der Waals surface area contributed by atoms with Crippen LogP contribution in [0.25, 0.3) is 5.57 Å². The topological polar surface area (TPSA) is 99.1 Å². The average Bonchev–Trinajstić information content (AvgIpc) is 3.45. The van der Waals surface area contributed by atoms with Crippen molar-refractivity contribution in [1.82, 2.24) is 10.2 Å². The van der Waals surface area contributed by atoms with Crippen molar-refractivity contribution in [3.8, 4) is 0 Å². The molecule has 1 aromatic carbocycles. The minimum atomic E-state index is -2.49. The molecular formula is C43H64N2O5S. The second-order valence-corrected chi connectivity index (χ2v) is 21.4. The molecule has 1 aromatic rings. The first-order valence-electron chi connectivity index (χ1n) is 19.7. The third kappa shape index (κ3) is 5.79. The van der Waals surface area contributed by atoms with E-state index < -0.39 is 10.6 Å². The number of hydrogen-bond donors (Lipinski definition) is 3. The number of nitrogens with zero attached hydrogens (tertiary/aromatic N) is 1. The summed E-state index contributed by atoms with van der Waals surface area (Å²) in [5.74, 6) is 3.10. The number of allylic oxidation sites excluding steroid dienone is 3. The zero-order valence-electron chi connectivity index (χ0n) is 32.4. The molecule has 7 rings (SSSR count). The highest BCUT2D eigenvalue weighted by Gasteiger charge is 2.70. The van der Waals surface area contributed by atoms with Gasteiger partial charge in [0.2, 0.25) is 5.91 Å². The van der Waals surface area contributed by atoms with Gasteiger partial charge in [-0.3, -0.25) is 18.8 Å². The van der Waals surface area contributed by atoms with Crippen LogP contribution in [0, 0.1) is 51.2 Å². The average molecular weight is 721 g/mol. The van der Waals surface area contributed by atoms with Crippen molar-refractivity contribution in [2.75, 3.05) is 38.2 Å². The predicted octanol–water partition coefficient (Wildman–Crippen LogP) is 9.06. The number of carbonyl (C=O) groups excluding carboxylic acids is 2. The number of fused-ring (bicyclic) bond motifs is 7. The quantitative estimate of drug-likeness (QED) is 0.200. The van der Waals surface area contributed by atoms with Crippen LogP contribution >= 0.6 is 10.6 Å². The van der Waals surface area contributed by atoms with Gasteiger partial charge in [0.1, 0.15) is 0 Å². The molecule has 51 heavy (non-hydrogen) atoms. The van der Waals surface area contributed by atoms with Crippen LogP contribution < -0.4 is 5.32 Å². The molecule has 3 N–H and O–H groups in total. The second-order valence-electron chi connectivity index (χ2n) is 19.0. The monoisotopic (exact) mass is 720 g/mol. The Morgan fingerprint density at radius 3 is 2.25 bits per heavy atom. The highest BCUT2D eigenvalue weighted by Crippen LogP contribution is 2.76. The largest absolute Gasteiger partial charge is 0.465 e. The van der Waals surface area contributed by atoms with E-state index in [9.17, 15) is 18.7 Å². The van der Waals surface area contributed by atoms with E-state index in [1.165, 1.54) is 49.5 Å². The maximum Gasteiger partial charge on any atom is 0.337 e. The van der Waals surface area contributed by atoms with Crippen LogP contribution in [-0.2, 0) is 9.53 Å². The van der Waals surface area contributed by atoms with E-state index in [1.54, 1.807) is 0 Å². The van der Waals surface area contributed by atoms with E-state index >= 15 is 0 Å². The smallest absolute Gasteiger partial charge is 0.337 e. The number of esters is 1. The molecule has 1 aliphatic heterocycles. The molecule has 0 spiro atoms. The molecule has 1 saturated heterocycles. The van der Waals surface area contributed by atoms with Crippen molar-refractivity contribution in [2.45, 2.75) is 105 Å². The molecule has 282 valence electrons. The number of nitrogens with one attached hydrogen (secondary N) is 1. The summed E-state index contributed by atoms with van der Waals surface area (Å²) in [4.78, 5) is 28.1. The summed E-state index contributed by atoms with van der Waals surface area (Å²) in [5, 5.41) is 3.71. The Hall–Kier alpha value is -2.13. The van der Waals surface area contributed by atoms with Crippen LogP contribution in [0.15, 0.2) is 42.5 Å². The van der Waals surface area contributed by atoms with Gasteiger partial charge in [-0.2, -0.15) is 10.6 Å². The lowest BCUT2D eigenvalue weighted by Gasteiger charge is -2.72. The molecule has 5 fully saturated rings. The van der Waals surface area contributed by atoms with Gasteiger partial charge in [-0.25, -0.2) is 4.79 Å². The van der Waals surface area contributed by atoms with Crippen molar-refractivity contribution in [3.63, 3.8) is 0 Å². The van der Waals surface area contributed by atoms with Gasteiger partial charge < -0.3 is 10.1 Å². The van der Waals surface area contributed by atoms with Crippen LogP contribution in [0.4, 0.5) is 0 Å². The maximum absolute atomic E-state index is 13.8. The Balaban J connectivity index is 1.15. The van der Waals surface area contributed by atoms with Gasteiger partial charge in [-0.1, -0.05) is 65.0 Å². The number of methoxy groups -OCH3 is 1. The summed E-state index contributed by atoms with van der Waals surface area (Å²) < 4.78 is 25.2. The lowest BCUT2D eigenvalue weighted by Crippen LogP contribution is -2.68. The van der Waals surface area contributed by atoms with Crippen LogP contribution in [-0.4, -0.2) is 69.7 Å². The number of hydrogen-bond acceptors (Lipinski definition) is 6. The lowest BCUT2D eigenvalue weighted by atomic mass is 9.33. The number of carbonyl (C=O) groups is 2. The van der Waals surface area contributed by atoms with Crippen molar-refractivity contribution in [2.24, 2.45) is 51.2 Å². The molecule has 0 aromatic heterocycles. The predicted molar refractivity (Wildman–Crippen MR) is 208 cm³/mol. The standard InChI is InChI=1S/C43H64N2O5S/c1-28(2)31-15-20-43(44-36(46)27-45-23-25-51(48,49)26-24-45)22-21-41(6)33(37(31)43)13-14-35-40(5)18-16-32(29-9-11-30(12-10-29)38(47)50-8)39(3,4)34(40)17-19-42(35,41)7/h9-12,16,31,33-35,37,48-49H,1,13-15,17-27H2,2-8H3,(H,44,46)/t31-,33+,34-,35+,37+,40-,41+,42+,43-/m0/s1. The Kier molecular flexibility index (Phi) is 9.29. The number of rotatable bonds is 6. The highest BCUT2D eigenvalue weighted by molar-refractivity contribution is 8.24. The summed E-state index contributed by atoms with van der Waals surface area (Å²) in [7, 11) is -1.05. The third-order valence-corrected chi connectivity index (χ3v) is 18.2. The van der Waals surface area contributed by atoms with E-state index in [0.717, 1.165) is 32.1 Å². The van der Waals surface area contributed by atoms with Crippen LogP contribution in [0.3, 0.4) is 0 Å². The number of amides is 1. The van der Waals surface area contributed by atoms with Crippen molar-refractivity contribution < 1.29 is 23.4 Å². The first kappa shape index (κ1) is 37.2. The molecule has 9 atom stereocenters. The Morgan fingerprint density at radius 1 is 0.922 bits per heavy atom. The molecular weight excluding hydrogens is 657 g/mol. The van der Waals surface area contributed by atoms with Crippen LogP contribution in [0.5, 0.6) is 0 Å². The molecule has 1 amide bonds. The number of ether oxygens (including phenoxy) is 1. The van der Waals surface area contributed by atoms with E-state index in [1.807, 2.05) is 12.1 Å². The second kappa shape index (κ2) is 12.7. The van der Waals surface area contributed by atoms with Gasteiger partial charge in [0.25, 0.3) is 0 Å². The number of benzene rings is 1. The van der Waals surface area contributed by atoms with Crippen molar-refractivity contribution >= 4 is 28.0 Å². The fourth-order valence-corrected chi connectivity index (χ4v) is 15.1. The molecule has 6 aliphatic rings. The molecule has 7 nitrogen and oxygen atoms in total. The van der Waals surface area contributed by atoms with E-state index in [-0.39, 0.29) is 39.1 Å². The Bertz CT molecular complexity index is 1590. The van der Waals surface area contributed by atoms with Gasteiger partial charge in [0, 0.05) is 18.6 Å². The summed E-state index contributed by atoms with van der Waals surface area (Å²) >= 11 is 0. The van der Waals surface area contributed by atoms with Crippen molar-refractivity contribution in [1.29, 1.82) is 0 Å². The fourth-order valence-electron chi connectivity index (χ4n) is 13.8. The highest BCUT2D eigenvalue weighted by atomic mass is 32.3. The molecule has 0 bridgehead atoms. The molecule has 1 heterocycles. The van der Waals surface area contributed by atoms with Gasteiger partial charge in [-0.15, -0.1) is 0 Å². The van der Waals surface area contributed by atoms with E-state index in [0.29, 0.717) is 66.3 Å². The normalized spacial score (nSPS) is 41.8. The molecule has 0 radical (unpaired) electrons. The van der Waals surface area contributed by atoms with Gasteiger partial charge in [0.15, 0.2) is 0 Å². The maximum atomic E-state index is 13.8. The molecule has 8 heteroatoms. The summed E-state index contributed by atoms with van der Waals surface area (Å²) in [5.41, 5.74) is 4.90. The minimum absolute atomic E-state index is 0.00683. The van der Waals surface area contributed by atoms with Gasteiger partial charge >= 0.3 is 5.97 Å². The Labute approximate surface area is 308 Å². The molecule has 0 unspecified atom stereocenters. The summed E-state index contributed by atoms with van der Waals surface area (Å²) in [6.07, 6.45) is 12.8. The first-order chi connectivity index (χ1) is 23.9. The first-order valence-corrected chi connectivity index (χ1v) is 21.6.